The highest BCUT2D eigenvalue weighted by molar-refractivity contribution is 6.42. The van der Waals surface area contributed by atoms with Crippen molar-refractivity contribution in [1.82, 2.24) is 10.2 Å². The van der Waals surface area contributed by atoms with E-state index < -0.39 is 0 Å². The van der Waals surface area contributed by atoms with Crippen LogP contribution in [0.2, 0.25) is 10.0 Å². The first-order valence-electron chi connectivity index (χ1n) is 7.48. The second kappa shape index (κ2) is 7.30. The number of benzene rings is 1. The number of nitrogens with one attached hydrogen (secondary N) is 1. The Morgan fingerprint density at radius 2 is 1.95 bits per heavy atom. The second-order valence-corrected chi connectivity index (χ2v) is 6.67. The molecule has 118 valence electrons. The third-order valence-corrected chi connectivity index (χ3v) is 5.07. The monoisotopic (exact) mass is 330 g/mol. The minimum absolute atomic E-state index is 0.0753. The Balaban J connectivity index is 2.34. The van der Waals surface area contributed by atoms with E-state index in [1.54, 1.807) is 0 Å². The summed E-state index contributed by atoms with van der Waals surface area (Å²) in [7, 11) is 0. The maximum Gasteiger partial charge on any atom is 0.0640 e. The molecule has 3 nitrogen and oxygen atoms in total. The van der Waals surface area contributed by atoms with Gasteiger partial charge in [-0.3, -0.25) is 4.90 Å². The third kappa shape index (κ3) is 3.72. The van der Waals surface area contributed by atoms with Gasteiger partial charge in [-0.05, 0) is 32.0 Å². The number of ether oxygens (including phenoxy) is 1. The molecule has 1 atom stereocenters. The van der Waals surface area contributed by atoms with Crippen LogP contribution in [0.15, 0.2) is 18.2 Å². The van der Waals surface area contributed by atoms with Gasteiger partial charge in [-0.2, -0.15) is 0 Å². The molecule has 21 heavy (non-hydrogen) atoms. The molecule has 1 unspecified atom stereocenters. The minimum atomic E-state index is -0.0753. The number of rotatable bonds is 5. The van der Waals surface area contributed by atoms with Crippen molar-refractivity contribution >= 4 is 23.2 Å². The fourth-order valence-electron chi connectivity index (χ4n) is 3.01. The molecular formula is C16H24Cl2N2O. The normalized spacial score (nSPS) is 18.7. The fourth-order valence-corrected chi connectivity index (χ4v) is 3.43. The molecule has 0 amide bonds. The molecule has 1 saturated heterocycles. The highest BCUT2D eigenvalue weighted by Gasteiger charge is 2.37. The van der Waals surface area contributed by atoms with Crippen LogP contribution in [0.3, 0.4) is 0 Å². The van der Waals surface area contributed by atoms with E-state index in [0.717, 1.165) is 38.4 Å². The topological polar surface area (TPSA) is 24.5 Å². The van der Waals surface area contributed by atoms with Gasteiger partial charge in [0.05, 0.1) is 29.3 Å². The van der Waals surface area contributed by atoms with Crippen LogP contribution in [-0.4, -0.2) is 43.3 Å². The second-order valence-electron chi connectivity index (χ2n) is 5.89. The number of hydrogen-bond donors (Lipinski definition) is 1. The molecule has 0 bridgehead atoms. The average molecular weight is 331 g/mol. The Labute approximate surface area is 137 Å². The maximum absolute atomic E-state index is 6.45. The van der Waals surface area contributed by atoms with Crippen molar-refractivity contribution in [2.75, 3.05) is 32.8 Å². The average Bonchev–Trinajstić information content (AvgIpc) is 2.49. The van der Waals surface area contributed by atoms with Crippen LogP contribution in [0.25, 0.3) is 0 Å². The molecule has 1 N–H and O–H groups in total. The predicted octanol–water partition coefficient (Wildman–Crippen LogP) is 3.75. The summed E-state index contributed by atoms with van der Waals surface area (Å²) in [4.78, 5) is 2.46. The SMILES string of the molecule is CCNC(c1cccc(Cl)c1Cl)C(C)(C)N1CCOCC1. The van der Waals surface area contributed by atoms with Crippen LogP contribution < -0.4 is 5.32 Å². The Morgan fingerprint density at radius 3 is 2.57 bits per heavy atom. The standard InChI is InChI=1S/C16H24Cl2N2O/c1-4-19-15(12-6-5-7-13(17)14(12)18)16(2,3)20-8-10-21-11-9-20/h5-7,15,19H,4,8-11H2,1-3H3. The Morgan fingerprint density at radius 1 is 1.29 bits per heavy atom. The largest absolute Gasteiger partial charge is 0.379 e. The van der Waals surface area contributed by atoms with E-state index >= 15 is 0 Å². The molecule has 0 aromatic heterocycles. The van der Waals surface area contributed by atoms with E-state index in [9.17, 15) is 0 Å². The zero-order valence-corrected chi connectivity index (χ0v) is 14.5. The van der Waals surface area contributed by atoms with Crippen molar-refractivity contribution in [3.63, 3.8) is 0 Å². The van der Waals surface area contributed by atoms with Gasteiger partial charge in [0.2, 0.25) is 0 Å². The maximum atomic E-state index is 6.45. The number of nitrogens with zero attached hydrogens (tertiary/aromatic N) is 1. The van der Waals surface area contributed by atoms with Gasteiger partial charge in [-0.15, -0.1) is 0 Å². The molecule has 0 saturated carbocycles. The highest BCUT2D eigenvalue weighted by Crippen LogP contribution is 2.37. The van der Waals surface area contributed by atoms with Gasteiger partial charge in [0.15, 0.2) is 0 Å². The molecule has 1 aromatic carbocycles. The predicted molar refractivity (Wildman–Crippen MR) is 89.4 cm³/mol. The lowest BCUT2D eigenvalue weighted by Crippen LogP contribution is -2.56. The zero-order chi connectivity index (χ0) is 15.5. The number of halogens is 2. The molecule has 0 spiro atoms. The number of morpholine rings is 1. The molecule has 2 rings (SSSR count). The zero-order valence-electron chi connectivity index (χ0n) is 13.0. The van der Waals surface area contributed by atoms with Crippen molar-refractivity contribution in [3.05, 3.63) is 33.8 Å². The van der Waals surface area contributed by atoms with Crippen LogP contribution in [0.5, 0.6) is 0 Å². The van der Waals surface area contributed by atoms with Crippen LogP contribution in [0, 0.1) is 0 Å². The Bertz CT molecular complexity index is 473. The first kappa shape index (κ1) is 17.0. The Hall–Kier alpha value is -0.320. The lowest BCUT2D eigenvalue weighted by molar-refractivity contribution is -0.0236. The lowest BCUT2D eigenvalue weighted by atomic mass is 9.86. The van der Waals surface area contributed by atoms with Crippen molar-refractivity contribution in [2.45, 2.75) is 32.4 Å². The molecule has 1 heterocycles. The van der Waals surface area contributed by atoms with Crippen LogP contribution in [0.1, 0.15) is 32.4 Å². The highest BCUT2D eigenvalue weighted by atomic mass is 35.5. The van der Waals surface area contributed by atoms with Gasteiger partial charge in [-0.25, -0.2) is 0 Å². The van der Waals surface area contributed by atoms with Gasteiger partial charge in [0.1, 0.15) is 0 Å². The first-order chi connectivity index (χ1) is 9.98. The quantitative estimate of drug-likeness (QED) is 0.889. The molecular weight excluding hydrogens is 307 g/mol. The number of likely N-dealkylation sites (N-methyl/N-ethyl adjacent to an activating group) is 1. The van der Waals surface area contributed by atoms with Crippen LogP contribution in [0.4, 0.5) is 0 Å². The number of hydrogen-bond acceptors (Lipinski definition) is 3. The van der Waals surface area contributed by atoms with E-state index in [1.165, 1.54) is 0 Å². The van der Waals surface area contributed by atoms with Crippen molar-refractivity contribution in [3.8, 4) is 0 Å². The lowest BCUT2D eigenvalue weighted by Gasteiger charge is -2.46. The summed E-state index contributed by atoms with van der Waals surface area (Å²) in [6.07, 6.45) is 0. The molecule has 0 radical (unpaired) electrons. The molecule has 0 aliphatic carbocycles. The van der Waals surface area contributed by atoms with Gasteiger partial charge < -0.3 is 10.1 Å². The molecule has 5 heteroatoms. The fraction of sp³-hybridized carbons (Fsp3) is 0.625. The van der Waals surface area contributed by atoms with Crippen LogP contribution >= 0.6 is 23.2 Å². The summed E-state index contributed by atoms with van der Waals surface area (Å²) in [6, 6.07) is 5.97. The van der Waals surface area contributed by atoms with Crippen molar-refractivity contribution in [1.29, 1.82) is 0 Å². The minimum Gasteiger partial charge on any atom is -0.379 e. The van der Waals surface area contributed by atoms with Gasteiger partial charge in [0, 0.05) is 18.6 Å². The van der Waals surface area contributed by atoms with Crippen LogP contribution in [-0.2, 0) is 4.74 Å². The molecule has 1 aromatic rings. The summed E-state index contributed by atoms with van der Waals surface area (Å²) in [5.41, 5.74) is 0.983. The van der Waals surface area contributed by atoms with Crippen molar-refractivity contribution < 1.29 is 4.74 Å². The summed E-state index contributed by atoms with van der Waals surface area (Å²) < 4.78 is 5.47. The van der Waals surface area contributed by atoms with E-state index in [4.69, 9.17) is 27.9 Å². The van der Waals surface area contributed by atoms with E-state index in [0.29, 0.717) is 10.0 Å². The van der Waals surface area contributed by atoms with Gasteiger partial charge in [-0.1, -0.05) is 42.3 Å². The summed E-state index contributed by atoms with van der Waals surface area (Å²) in [5, 5.41) is 4.83. The van der Waals surface area contributed by atoms with E-state index in [2.05, 4.69) is 37.1 Å². The summed E-state index contributed by atoms with van der Waals surface area (Å²) in [6.45, 7) is 10.9. The molecule has 1 aliphatic rings. The van der Waals surface area contributed by atoms with E-state index in [-0.39, 0.29) is 11.6 Å². The van der Waals surface area contributed by atoms with Crippen molar-refractivity contribution in [2.24, 2.45) is 0 Å². The molecule has 1 aliphatic heterocycles. The Kier molecular flexibility index (Phi) is 5.92. The smallest absolute Gasteiger partial charge is 0.0640 e. The summed E-state index contributed by atoms with van der Waals surface area (Å²) >= 11 is 12.7. The van der Waals surface area contributed by atoms with E-state index in [1.807, 2.05) is 12.1 Å². The molecule has 1 fully saturated rings. The third-order valence-electron chi connectivity index (χ3n) is 4.23. The first-order valence-corrected chi connectivity index (χ1v) is 8.24. The van der Waals surface area contributed by atoms with Gasteiger partial charge >= 0.3 is 0 Å². The van der Waals surface area contributed by atoms with Gasteiger partial charge in [0.25, 0.3) is 0 Å². The summed E-state index contributed by atoms with van der Waals surface area (Å²) in [5.74, 6) is 0.